The molecule has 28 heavy (non-hydrogen) atoms. The van der Waals surface area contributed by atoms with E-state index in [1.807, 2.05) is 55.6 Å². The number of fused-ring (bicyclic) bond motifs is 2. The van der Waals surface area contributed by atoms with Crippen molar-refractivity contribution < 1.29 is 9.90 Å². The van der Waals surface area contributed by atoms with Gasteiger partial charge in [0.15, 0.2) is 0 Å². The van der Waals surface area contributed by atoms with Crippen LogP contribution in [0.15, 0.2) is 42.7 Å². The number of carbonyl (C=O) groups excluding carboxylic acids is 1. The largest absolute Gasteiger partial charge is 0.389 e. The second kappa shape index (κ2) is 7.04. The number of aryl methyl sites for hydroxylation is 1. The van der Waals surface area contributed by atoms with E-state index >= 15 is 0 Å². The summed E-state index contributed by atoms with van der Waals surface area (Å²) in [5.74, 6) is 0.732. The number of amides is 1. The monoisotopic (exact) mass is 378 g/mol. The lowest BCUT2D eigenvalue weighted by atomic mass is 9.96. The number of hydrogen-bond donors (Lipinski definition) is 2. The summed E-state index contributed by atoms with van der Waals surface area (Å²) in [5, 5.41) is 13.2. The average molecular weight is 378 g/mol. The maximum Gasteiger partial charge on any atom is 0.257 e. The molecule has 0 unspecified atom stereocenters. The van der Waals surface area contributed by atoms with Gasteiger partial charge in [0.2, 0.25) is 0 Å². The molecule has 1 aliphatic heterocycles. The number of hydrogen-bond acceptors (Lipinski definition) is 4. The van der Waals surface area contributed by atoms with Crippen LogP contribution in [0.5, 0.6) is 0 Å². The molecule has 4 rings (SSSR count). The van der Waals surface area contributed by atoms with Crippen molar-refractivity contribution in [3.8, 4) is 0 Å². The number of nitrogens with zero attached hydrogens (tertiary/aromatic N) is 3. The molecule has 0 atom stereocenters. The number of anilines is 1. The van der Waals surface area contributed by atoms with Gasteiger partial charge in [-0.15, -0.1) is 0 Å². The van der Waals surface area contributed by atoms with Gasteiger partial charge < -0.3 is 14.8 Å². The fraction of sp³-hybridized carbons (Fsp3) is 0.364. The molecular formula is C22H26N4O2. The SMILES string of the molecule is Cc1ncc2ccc(C(=O)Nc3cccc4c3CCN(CC(C)(C)O)C4)cn12. The van der Waals surface area contributed by atoms with Crippen LogP contribution in [0, 0.1) is 6.92 Å². The Labute approximate surface area is 164 Å². The Hall–Kier alpha value is -2.70. The summed E-state index contributed by atoms with van der Waals surface area (Å²) in [6.45, 7) is 7.86. The molecule has 0 bridgehead atoms. The Balaban J connectivity index is 1.55. The van der Waals surface area contributed by atoms with E-state index in [2.05, 4.69) is 21.3 Å². The van der Waals surface area contributed by atoms with Crippen molar-refractivity contribution >= 4 is 17.1 Å². The van der Waals surface area contributed by atoms with Gasteiger partial charge in [0.05, 0.1) is 22.9 Å². The molecule has 6 heteroatoms. The quantitative estimate of drug-likeness (QED) is 0.732. The Morgan fingerprint density at radius 2 is 2.11 bits per heavy atom. The highest BCUT2D eigenvalue weighted by Crippen LogP contribution is 2.27. The second-order valence-corrected chi connectivity index (χ2v) is 8.19. The summed E-state index contributed by atoms with van der Waals surface area (Å²) in [4.78, 5) is 19.4. The molecule has 3 heterocycles. The number of aliphatic hydroxyl groups is 1. The van der Waals surface area contributed by atoms with Crippen molar-refractivity contribution in [2.45, 2.75) is 39.3 Å². The van der Waals surface area contributed by atoms with Crippen LogP contribution in [0.25, 0.3) is 5.52 Å². The van der Waals surface area contributed by atoms with Gasteiger partial charge >= 0.3 is 0 Å². The third-order valence-corrected chi connectivity index (χ3v) is 5.18. The van der Waals surface area contributed by atoms with E-state index in [1.54, 1.807) is 6.20 Å². The summed E-state index contributed by atoms with van der Waals surface area (Å²) >= 11 is 0. The van der Waals surface area contributed by atoms with Crippen LogP contribution in [0.4, 0.5) is 5.69 Å². The van der Waals surface area contributed by atoms with Crippen molar-refractivity contribution in [1.82, 2.24) is 14.3 Å². The minimum atomic E-state index is -0.715. The highest BCUT2D eigenvalue weighted by Gasteiger charge is 2.24. The number of imidazole rings is 1. The lowest BCUT2D eigenvalue weighted by Crippen LogP contribution is -2.41. The minimum Gasteiger partial charge on any atom is -0.389 e. The standard InChI is InChI=1S/C22H26N4O2/c1-15-23-11-18-8-7-17(13-26(15)18)21(27)24-20-6-4-5-16-12-25(10-9-19(16)20)14-22(2,3)28/h4-8,11,13,28H,9-10,12,14H2,1-3H3,(H,24,27). The van der Waals surface area contributed by atoms with Gasteiger partial charge in [-0.05, 0) is 56.5 Å². The normalized spacial score (nSPS) is 14.9. The Kier molecular flexibility index (Phi) is 4.69. The van der Waals surface area contributed by atoms with Crippen molar-refractivity contribution in [2.75, 3.05) is 18.4 Å². The van der Waals surface area contributed by atoms with E-state index < -0.39 is 5.60 Å². The molecule has 2 N–H and O–H groups in total. The first-order valence-corrected chi connectivity index (χ1v) is 9.61. The number of β-amino-alcohol motifs (C(OH)–C–C–N with tert-alkyl or cyclic N) is 1. The van der Waals surface area contributed by atoms with Gasteiger partial charge in [0.25, 0.3) is 5.91 Å². The van der Waals surface area contributed by atoms with Crippen molar-refractivity contribution in [3.63, 3.8) is 0 Å². The molecule has 0 radical (unpaired) electrons. The maximum absolute atomic E-state index is 12.8. The Morgan fingerprint density at radius 1 is 1.29 bits per heavy atom. The van der Waals surface area contributed by atoms with Gasteiger partial charge in [-0.3, -0.25) is 9.69 Å². The summed E-state index contributed by atoms with van der Waals surface area (Å²) in [6, 6.07) is 9.77. The van der Waals surface area contributed by atoms with E-state index in [4.69, 9.17) is 0 Å². The number of aromatic nitrogens is 2. The number of rotatable bonds is 4. The molecule has 3 aromatic rings. The van der Waals surface area contributed by atoms with Crippen molar-refractivity contribution in [3.05, 3.63) is 65.2 Å². The second-order valence-electron chi connectivity index (χ2n) is 8.19. The van der Waals surface area contributed by atoms with Crippen LogP contribution in [-0.2, 0) is 13.0 Å². The first-order valence-electron chi connectivity index (χ1n) is 9.61. The molecule has 6 nitrogen and oxygen atoms in total. The molecule has 2 aromatic heterocycles. The Morgan fingerprint density at radius 3 is 2.89 bits per heavy atom. The van der Waals surface area contributed by atoms with Crippen LogP contribution < -0.4 is 5.32 Å². The molecule has 146 valence electrons. The van der Waals surface area contributed by atoms with Gasteiger partial charge in [0.1, 0.15) is 5.82 Å². The lowest BCUT2D eigenvalue weighted by molar-refractivity contribution is 0.0318. The first-order chi connectivity index (χ1) is 13.3. The third kappa shape index (κ3) is 3.79. The molecule has 1 amide bonds. The zero-order valence-corrected chi connectivity index (χ0v) is 16.6. The van der Waals surface area contributed by atoms with E-state index in [9.17, 15) is 9.90 Å². The summed E-state index contributed by atoms with van der Waals surface area (Å²) < 4.78 is 1.92. The van der Waals surface area contributed by atoms with E-state index in [0.29, 0.717) is 12.1 Å². The van der Waals surface area contributed by atoms with Crippen LogP contribution in [-0.4, -0.2) is 44.0 Å². The van der Waals surface area contributed by atoms with E-state index in [1.165, 1.54) is 11.1 Å². The van der Waals surface area contributed by atoms with E-state index in [0.717, 1.165) is 36.5 Å². The average Bonchev–Trinajstić information content (AvgIpc) is 3.01. The zero-order valence-electron chi connectivity index (χ0n) is 16.6. The molecule has 0 saturated carbocycles. The predicted octanol–water partition coefficient (Wildman–Crippen LogP) is 3.02. The summed E-state index contributed by atoms with van der Waals surface area (Å²) in [6.07, 6.45) is 4.47. The van der Waals surface area contributed by atoms with Crippen LogP contribution in [0.3, 0.4) is 0 Å². The fourth-order valence-electron chi connectivity index (χ4n) is 3.92. The number of carbonyl (C=O) groups is 1. The summed E-state index contributed by atoms with van der Waals surface area (Å²) in [5.41, 5.74) is 4.11. The topological polar surface area (TPSA) is 69.9 Å². The number of benzene rings is 1. The highest BCUT2D eigenvalue weighted by atomic mass is 16.3. The zero-order chi connectivity index (χ0) is 19.9. The molecule has 0 saturated heterocycles. The minimum absolute atomic E-state index is 0.123. The van der Waals surface area contributed by atoms with Crippen molar-refractivity contribution in [2.24, 2.45) is 0 Å². The molecular weight excluding hydrogens is 352 g/mol. The number of nitrogens with one attached hydrogen (secondary N) is 1. The van der Waals surface area contributed by atoms with Crippen LogP contribution in [0.2, 0.25) is 0 Å². The van der Waals surface area contributed by atoms with Crippen LogP contribution >= 0.6 is 0 Å². The molecule has 0 spiro atoms. The molecule has 1 aliphatic rings. The lowest BCUT2D eigenvalue weighted by Gasteiger charge is -2.33. The Bertz CT molecular complexity index is 1030. The number of pyridine rings is 1. The fourth-order valence-corrected chi connectivity index (χ4v) is 3.92. The predicted molar refractivity (Wildman–Crippen MR) is 110 cm³/mol. The van der Waals surface area contributed by atoms with E-state index in [-0.39, 0.29) is 5.91 Å². The molecule has 0 aliphatic carbocycles. The molecule has 1 aromatic carbocycles. The highest BCUT2D eigenvalue weighted by molar-refractivity contribution is 6.04. The van der Waals surface area contributed by atoms with Gasteiger partial charge in [0, 0.05) is 31.5 Å². The van der Waals surface area contributed by atoms with Crippen molar-refractivity contribution in [1.29, 1.82) is 0 Å². The first kappa shape index (κ1) is 18.7. The smallest absolute Gasteiger partial charge is 0.257 e. The maximum atomic E-state index is 12.8. The van der Waals surface area contributed by atoms with Gasteiger partial charge in [-0.25, -0.2) is 4.98 Å². The molecule has 0 fully saturated rings. The summed E-state index contributed by atoms with van der Waals surface area (Å²) in [7, 11) is 0. The van der Waals surface area contributed by atoms with Gasteiger partial charge in [-0.1, -0.05) is 12.1 Å². The van der Waals surface area contributed by atoms with Crippen LogP contribution in [0.1, 0.15) is 41.2 Å². The van der Waals surface area contributed by atoms with Gasteiger partial charge in [-0.2, -0.15) is 0 Å². The third-order valence-electron chi connectivity index (χ3n) is 5.18.